The summed E-state index contributed by atoms with van der Waals surface area (Å²) in [6, 6.07) is 0. The van der Waals surface area contributed by atoms with Crippen molar-refractivity contribution < 1.29 is 14.4 Å². The van der Waals surface area contributed by atoms with Crippen LogP contribution in [0.25, 0.3) is 0 Å². The monoisotopic (exact) mass is 156 g/mol. The summed E-state index contributed by atoms with van der Waals surface area (Å²) in [6.45, 7) is 1.65. The molecule has 0 spiro atoms. The van der Waals surface area contributed by atoms with Gasteiger partial charge in [-0.15, -0.1) is 0 Å². The predicted molar refractivity (Wildman–Crippen MR) is 37.0 cm³/mol. The quantitative estimate of drug-likeness (QED) is 0.638. The van der Waals surface area contributed by atoms with Gasteiger partial charge >= 0.3 is 5.97 Å². The molecule has 0 saturated heterocycles. The molecule has 0 aliphatic carbocycles. The Kier molecular flexibility index (Phi) is 1.80. The number of nitrogen functional groups attached to an aromatic ring is 1. The van der Waals surface area contributed by atoms with E-state index in [1.807, 2.05) is 0 Å². The molecule has 1 rings (SSSR count). The van der Waals surface area contributed by atoms with E-state index in [0.717, 1.165) is 0 Å². The van der Waals surface area contributed by atoms with Gasteiger partial charge in [-0.2, -0.15) is 0 Å². The lowest BCUT2D eigenvalue weighted by Gasteiger charge is -1.91. The zero-order chi connectivity index (χ0) is 8.43. The highest BCUT2D eigenvalue weighted by atomic mass is 16.5. The summed E-state index contributed by atoms with van der Waals surface area (Å²) in [7, 11) is 0. The van der Waals surface area contributed by atoms with Crippen LogP contribution < -0.4 is 5.73 Å². The van der Waals surface area contributed by atoms with Crippen LogP contribution in [0.2, 0.25) is 0 Å². The molecule has 5 nitrogen and oxygen atoms in total. The molecule has 1 aromatic rings. The first kappa shape index (κ1) is 7.59. The lowest BCUT2D eigenvalue weighted by atomic mass is 10.2. The molecular weight excluding hydrogens is 148 g/mol. The van der Waals surface area contributed by atoms with Gasteiger partial charge in [-0.1, -0.05) is 5.16 Å². The number of nitrogens with zero attached hydrogens (tertiary/aromatic N) is 1. The first-order chi connectivity index (χ1) is 5.11. The van der Waals surface area contributed by atoms with Crippen LogP contribution in [0.4, 0.5) is 5.88 Å². The minimum Gasteiger partial charge on any atom is -0.481 e. The van der Waals surface area contributed by atoms with Crippen LogP contribution in [0, 0.1) is 6.92 Å². The van der Waals surface area contributed by atoms with Gasteiger partial charge in [0.05, 0.1) is 17.7 Å². The minimum atomic E-state index is -0.942. The normalized spacial score (nSPS) is 9.91. The summed E-state index contributed by atoms with van der Waals surface area (Å²) >= 11 is 0. The maximum Gasteiger partial charge on any atom is 0.308 e. The molecule has 0 radical (unpaired) electrons. The Balaban J connectivity index is 2.92. The van der Waals surface area contributed by atoms with Gasteiger partial charge in [-0.25, -0.2) is 0 Å². The van der Waals surface area contributed by atoms with E-state index in [0.29, 0.717) is 11.3 Å². The van der Waals surface area contributed by atoms with E-state index in [1.165, 1.54) is 0 Å². The first-order valence-corrected chi connectivity index (χ1v) is 3.03. The van der Waals surface area contributed by atoms with Crippen LogP contribution in [0.5, 0.6) is 0 Å². The van der Waals surface area contributed by atoms with E-state index >= 15 is 0 Å². The highest BCUT2D eigenvalue weighted by Gasteiger charge is 2.12. The topological polar surface area (TPSA) is 89.4 Å². The van der Waals surface area contributed by atoms with Gasteiger partial charge in [-0.3, -0.25) is 4.79 Å². The molecule has 0 amide bonds. The van der Waals surface area contributed by atoms with E-state index in [2.05, 4.69) is 9.68 Å². The van der Waals surface area contributed by atoms with Crippen molar-refractivity contribution in [3.05, 3.63) is 11.3 Å². The Labute approximate surface area is 62.8 Å². The van der Waals surface area contributed by atoms with E-state index in [-0.39, 0.29) is 12.3 Å². The van der Waals surface area contributed by atoms with Gasteiger partial charge in [0.15, 0.2) is 0 Å². The van der Waals surface area contributed by atoms with Crippen LogP contribution >= 0.6 is 0 Å². The minimum absolute atomic E-state index is 0.0879. The molecule has 1 aromatic heterocycles. The molecule has 0 fully saturated rings. The predicted octanol–water partition coefficient (Wildman–Crippen LogP) is 0.192. The molecule has 0 atom stereocenters. The van der Waals surface area contributed by atoms with Crippen molar-refractivity contribution in [1.29, 1.82) is 0 Å². The smallest absolute Gasteiger partial charge is 0.308 e. The summed E-state index contributed by atoms with van der Waals surface area (Å²) in [5.74, 6) is -0.854. The standard InChI is InChI=1S/C6H8N2O3/c1-3-4(2-5(9)10)6(7)11-8-3/h2,7H2,1H3,(H,9,10). The number of carboxylic acid groups (broad SMARTS) is 1. The second kappa shape index (κ2) is 2.61. The fourth-order valence-electron chi connectivity index (χ4n) is 0.772. The number of aromatic nitrogens is 1. The summed E-state index contributed by atoms with van der Waals surface area (Å²) in [4.78, 5) is 10.2. The fourth-order valence-corrected chi connectivity index (χ4v) is 0.772. The van der Waals surface area contributed by atoms with Gasteiger partial charge in [0, 0.05) is 0 Å². The number of rotatable bonds is 2. The average Bonchev–Trinajstić information content (AvgIpc) is 2.18. The maximum absolute atomic E-state index is 10.2. The van der Waals surface area contributed by atoms with Crippen molar-refractivity contribution in [2.24, 2.45) is 0 Å². The lowest BCUT2D eigenvalue weighted by Crippen LogP contribution is -2.02. The molecular formula is C6H8N2O3. The lowest BCUT2D eigenvalue weighted by molar-refractivity contribution is -0.136. The first-order valence-electron chi connectivity index (χ1n) is 3.03. The zero-order valence-electron chi connectivity index (χ0n) is 6.00. The molecule has 0 aliphatic heterocycles. The molecule has 3 N–H and O–H groups in total. The van der Waals surface area contributed by atoms with Crippen molar-refractivity contribution in [1.82, 2.24) is 5.16 Å². The van der Waals surface area contributed by atoms with Crippen LogP contribution in [-0.4, -0.2) is 16.2 Å². The van der Waals surface area contributed by atoms with Gasteiger partial charge < -0.3 is 15.4 Å². The van der Waals surface area contributed by atoms with Gasteiger partial charge in [0.2, 0.25) is 5.88 Å². The SMILES string of the molecule is Cc1noc(N)c1CC(=O)O. The summed E-state index contributed by atoms with van der Waals surface area (Å²) in [5.41, 5.74) is 6.29. The maximum atomic E-state index is 10.2. The number of hydrogen-bond acceptors (Lipinski definition) is 4. The summed E-state index contributed by atoms with van der Waals surface area (Å²) in [5, 5.41) is 11.9. The zero-order valence-corrected chi connectivity index (χ0v) is 6.00. The highest BCUT2D eigenvalue weighted by Crippen LogP contribution is 2.15. The van der Waals surface area contributed by atoms with Crippen LogP contribution in [-0.2, 0) is 11.2 Å². The fraction of sp³-hybridized carbons (Fsp3) is 0.333. The van der Waals surface area contributed by atoms with Crippen LogP contribution in [0.3, 0.4) is 0 Å². The third kappa shape index (κ3) is 1.49. The number of carbonyl (C=O) groups is 1. The van der Waals surface area contributed by atoms with Crippen molar-refractivity contribution in [3.8, 4) is 0 Å². The van der Waals surface area contributed by atoms with Gasteiger partial charge in [0.25, 0.3) is 0 Å². The summed E-state index contributed by atoms with van der Waals surface area (Å²) in [6.07, 6.45) is -0.138. The molecule has 0 aromatic carbocycles. The van der Waals surface area contributed by atoms with Crippen LogP contribution in [0.15, 0.2) is 4.52 Å². The van der Waals surface area contributed by atoms with Crippen molar-refractivity contribution >= 4 is 11.9 Å². The van der Waals surface area contributed by atoms with E-state index in [1.54, 1.807) is 6.92 Å². The summed E-state index contributed by atoms with van der Waals surface area (Å²) < 4.78 is 4.56. The Morgan fingerprint density at radius 1 is 1.82 bits per heavy atom. The Hall–Kier alpha value is -1.52. The Morgan fingerprint density at radius 2 is 2.45 bits per heavy atom. The average molecular weight is 156 g/mol. The van der Waals surface area contributed by atoms with Crippen LogP contribution in [0.1, 0.15) is 11.3 Å². The molecule has 0 saturated carbocycles. The van der Waals surface area contributed by atoms with Crippen molar-refractivity contribution in [3.63, 3.8) is 0 Å². The molecule has 60 valence electrons. The third-order valence-electron chi connectivity index (χ3n) is 1.34. The third-order valence-corrected chi connectivity index (χ3v) is 1.34. The number of nitrogens with two attached hydrogens (primary N) is 1. The molecule has 0 bridgehead atoms. The van der Waals surface area contributed by atoms with Crippen molar-refractivity contribution in [2.45, 2.75) is 13.3 Å². The highest BCUT2D eigenvalue weighted by molar-refractivity contribution is 5.72. The Bertz CT molecular complexity index is 260. The van der Waals surface area contributed by atoms with Gasteiger partial charge in [0.1, 0.15) is 0 Å². The second-order valence-electron chi connectivity index (χ2n) is 2.18. The number of aryl methyl sites for hydroxylation is 1. The number of anilines is 1. The largest absolute Gasteiger partial charge is 0.481 e. The molecule has 5 heteroatoms. The number of hydrogen-bond donors (Lipinski definition) is 2. The number of aliphatic carboxylic acids is 1. The second-order valence-corrected chi connectivity index (χ2v) is 2.18. The molecule has 11 heavy (non-hydrogen) atoms. The van der Waals surface area contributed by atoms with E-state index in [9.17, 15) is 4.79 Å². The molecule has 0 unspecified atom stereocenters. The molecule has 1 heterocycles. The number of carboxylic acids is 1. The Morgan fingerprint density at radius 3 is 2.82 bits per heavy atom. The van der Waals surface area contributed by atoms with E-state index < -0.39 is 5.97 Å². The van der Waals surface area contributed by atoms with Gasteiger partial charge in [-0.05, 0) is 6.92 Å². The van der Waals surface area contributed by atoms with Crippen molar-refractivity contribution in [2.75, 3.05) is 5.73 Å². The van der Waals surface area contributed by atoms with E-state index in [4.69, 9.17) is 10.8 Å². The molecule has 0 aliphatic rings.